The number of rotatable bonds is 4. The van der Waals surface area contributed by atoms with Crippen molar-refractivity contribution in [3.63, 3.8) is 0 Å². The van der Waals surface area contributed by atoms with Gasteiger partial charge >= 0.3 is 0 Å². The number of carbonyl (C=O) groups excluding carboxylic acids is 2. The van der Waals surface area contributed by atoms with Crippen molar-refractivity contribution in [1.82, 2.24) is 9.80 Å². The molecule has 2 amide bonds. The first-order valence-corrected chi connectivity index (χ1v) is 11.6. The molecule has 2 aliphatic rings. The second-order valence-corrected chi connectivity index (χ2v) is 9.11. The summed E-state index contributed by atoms with van der Waals surface area (Å²) in [7, 11) is 0. The van der Waals surface area contributed by atoms with Crippen LogP contribution < -0.4 is 0 Å². The molecule has 2 heterocycles. The standard InChI is InChI=1S/C26H24N2O2S/c29-24-18-31-26(28(24)16-19-6-2-1-3-7-19)22-12-10-21(11-13-22)25(30)27-15-14-20-8-4-5-9-23(20)17-27/h1-13,26H,14-18H2/t26-/m1/s1. The number of hydrogen-bond acceptors (Lipinski definition) is 3. The lowest BCUT2D eigenvalue weighted by molar-refractivity contribution is -0.128. The van der Waals surface area contributed by atoms with Crippen molar-refractivity contribution >= 4 is 23.6 Å². The molecule has 2 aliphatic heterocycles. The summed E-state index contributed by atoms with van der Waals surface area (Å²) in [6.07, 6.45) is 0.898. The van der Waals surface area contributed by atoms with Crippen LogP contribution in [0.5, 0.6) is 0 Å². The average Bonchev–Trinajstić information content (AvgIpc) is 3.19. The second-order valence-electron chi connectivity index (χ2n) is 8.04. The molecule has 1 fully saturated rings. The SMILES string of the molecule is O=C(c1ccc([C@H]2SCC(=O)N2Cc2ccccc2)cc1)N1CCc2ccccc2C1. The van der Waals surface area contributed by atoms with Crippen molar-refractivity contribution in [3.8, 4) is 0 Å². The fraction of sp³-hybridized carbons (Fsp3) is 0.231. The first kappa shape index (κ1) is 19.9. The van der Waals surface area contributed by atoms with Gasteiger partial charge in [-0.1, -0.05) is 66.7 Å². The van der Waals surface area contributed by atoms with Gasteiger partial charge in [-0.15, -0.1) is 11.8 Å². The van der Waals surface area contributed by atoms with Crippen molar-refractivity contribution in [3.05, 3.63) is 107 Å². The third-order valence-electron chi connectivity index (χ3n) is 6.02. The largest absolute Gasteiger partial charge is 0.334 e. The van der Waals surface area contributed by atoms with Gasteiger partial charge in [-0.2, -0.15) is 0 Å². The zero-order valence-corrected chi connectivity index (χ0v) is 18.1. The van der Waals surface area contributed by atoms with Gasteiger partial charge in [0.25, 0.3) is 5.91 Å². The molecule has 0 radical (unpaired) electrons. The van der Waals surface area contributed by atoms with Gasteiger partial charge in [-0.3, -0.25) is 9.59 Å². The minimum Gasteiger partial charge on any atom is -0.334 e. The summed E-state index contributed by atoms with van der Waals surface area (Å²) in [5.74, 6) is 0.717. The lowest BCUT2D eigenvalue weighted by Crippen LogP contribution is -2.35. The van der Waals surface area contributed by atoms with Crippen LogP contribution in [0.1, 0.15) is 38.0 Å². The van der Waals surface area contributed by atoms with Crippen LogP contribution in [0.4, 0.5) is 0 Å². The highest BCUT2D eigenvalue weighted by molar-refractivity contribution is 8.00. The topological polar surface area (TPSA) is 40.6 Å². The molecule has 0 aliphatic carbocycles. The first-order chi connectivity index (χ1) is 15.2. The number of carbonyl (C=O) groups is 2. The molecule has 3 aromatic carbocycles. The van der Waals surface area contributed by atoms with E-state index in [9.17, 15) is 9.59 Å². The van der Waals surface area contributed by atoms with Gasteiger partial charge in [-0.25, -0.2) is 0 Å². The molecular weight excluding hydrogens is 404 g/mol. The Balaban J connectivity index is 1.30. The number of nitrogens with zero attached hydrogens (tertiary/aromatic N) is 2. The Morgan fingerprint density at radius 1 is 0.903 bits per heavy atom. The van der Waals surface area contributed by atoms with Crippen molar-refractivity contribution in [1.29, 1.82) is 0 Å². The maximum absolute atomic E-state index is 13.1. The molecule has 156 valence electrons. The fourth-order valence-corrected chi connectivity index (χ4v) is 5.51. The zero-order chi connectivity index (χ0) is 21.2. The van der Waals surface area contributed by atoms with Gasteiger partial charge in [0, 0.05) is 25.2 Å². The maximum Gasteiger partial charge on any atom is 0.254 e. The van der Waals surface area contributed by atoms with Gasteiger partial charge in [0.2, 0.25) is 5.91 Å². The van der Waals surface area contributed by atoms with Crippen LogP contribution in [0.15, 0.2) is 78.9 Å². The lowest BCUT2D eigenvalue weighted by atomic mass is 9.99. The first-order valence-electron chi connectivity index (χ1n) is 10.6. The Hall–Kier alpha value is -3.05. The number of hydrogen-bond donors (Lipinski definition) is 0. The van der Waals surface area contributed by atoms with Crippen molar-refractivity contribution in [2.24, 2.45) is 0 Å². The number of amides is 2. The quantitative estimate of drug-likeness (QED) is 0.607. The Bertz CT molecular complexity index is 1100. The molecular formula is C26H24N2O2S. The lowest BCUT2D eigenvalue weighted by Gasteiger charge is -2.29. The highest BCUT2D eigenvalue weighted by Gasteiger charge is 2.33. The summed E-state index contributed by atoms with van der Waals surface area (Å²) in [4.78, 5) is 29.4. The summed E-state index contributed by atoms with van der Waals surface area (Å²) in [6.45, 7) is 2.01. The normalized spacial score (nSPS) is 18.2. The van der Waals surface area contributed by atoms with E-state index in [0.29, 0.717) is 24.4 Å². The molecule has 4 nitrogen and oxygen atoms in total. The number of benzene rings is 3. The van der Waals surface area contributed by atoms with Gasteiger partial charge < -0.3 is 9.80 Å². The summed E-state index contributed by atoms with van der Waals surface area (Å²) in [6, 6.07) is 26.2. The molecule has 1 atom stereocenters. The zero-order valence-electron chi connectivity index (χ0n) is 17.2. The van der Waals surface area contributed by atoms with Gasteiger partial charge in [0.1, 0.15) is 5.37 Å². The maximum atomic E-state index is 13.1. The molecule has 0 N–H and O–H groups in total. The summed E-state index contributed by atoms with van der Waals surface area (Å²) in [5, 5.41) is -0.0151. The minimum atomic E-state index is -0.0151. The van der Waals surface area contributed by atoms with Gasteiger partial charge in [0.05, 0.1) is 5.75 Å². The molecule has 31 heavy (non-hydrogen) atoms. The van der Waals surface area contributed by atoms with Gasteiger partial charge in [-0.05, 0) is 40.8 Å². The van der Waals surface area contributed by atoms with E-state index in [1.165, 1.54) is 11.1 Å². The van der Waals surface area contributed by atoms with E-state index in [0.717, 1.165) is 24.1 Å². The monoisotopic (exact) mass is 428 g/mol. The van der Waals surface area contributed by atoms with Crippen LogP contribution >= 0.6 is 11.8 Å². The number of thioether (sulfide) groups is 1. The van der Waals surface area contributed by atoms with E-state index in [1.54, 1.807) is 11.8 Å². The highest BCUT2D eigenvalue weighted by atomic mass is 32.2. The molecule has 3 aromatic rings. The molecule has 5 heteroatoms. The Kier molecular flexibility index (Phi) is 5.51. The molecule has 5 rings (SSSR count). The van der Waals surface area contributed by atoms with E-state index in [1.807, 2.05) is 70.5 Å². The van der Waals surface area contributed by atoms with E-state index in [4.69, 9.17) is 0 Å². The molecule has 0 saturated carbocycles. The van der Waals surface area contributed by atoms with Crippen LogP contribution in [0.2, 0.25) is 0 Å². The minimum absolute atomic E-state index is 0.0151. The Labute approximate surface area is 186 Å². The smallest absolute Gasteiger partial charge is 0.254 e. The Morgan fingerprint density at radius 2 is 1.61 bits per heavy atom. The summed E-state index contributed by atoms with van der Waals surface area (Å²) in [5.41, 5.74) is 5.46. The third kappa shape index (κ3) is 4.10. The highest BCUT2D eigenvalue weighted by Crippen LogP contribution is 2.39. The predicted molar refractivity (Wildman–Crippen MR) is 124 cm³/mol. The van der Waals surface area contributed by atoms with E-state index in [2.05, 4.69) is 18.2 Å². The van der Waals surface area contributed by atoms with E-state index >= 15 is 0 Å². The van der Waals surface area contributed by atoms with E-state index in [-0.39, 0.29) is 17.2 Å². The third-order valence-corrected chi connectivity index (χ3v) is 7.28. The van der Waals surface area contributed by atoms with Crippen molar-refractivity contribution in [2.75, 3.05) is 12.3 Å². The Morgan fingerprint density at radius 3 is 2.39 bits per heavy atom. The van der Waals surface area contributed by atoms with Crippen LogP contribution in [-0.2, 0) is 24.3 Å². The van der Waals surface area contributed by atoms with Crippen LogP contribution in [0.25, 0.3) is 0 Å². The van der Waals surface area contributed by atoms with Gasteiger partial charge in [0.15, 0.2) is 0 Å². The van der Waals surface area contributed by atoms with Crippen LogP contribution in [-0.4, -0.2) is 33.9 Å². The molecule has 0 aromatic heterocycles. The number of fused-ring (bicyclic) bond motifs is 1. The van der Waals surface area contributed by atoms with Crippen molar-refractivity contribution in [2.45, 2.75) is 24.9 Å². The second kappa shape index (κ2) is 8.60. The van der Waals surface area contributed by atoms with E-state index < -0.39 is 0 Å². The molecule has 0 spiro atoms. The van der Waals surface area contributed by atoms with Crippen LogP contribution in [0, 0.1) is 0 Å². The molecule has 1 saturated heterocycles. The summed E-state index contributed by atoms with van der Waals surface area (Å²) < 4.78 is 0. The fourth-order valence-electron chi connectivity index (χ4n) is 4.32. The van der Waals surface area contributed by atoms with Crippen molar-refractivity contribution < 1.29 is 9.59 Å². The summed E-state index contributed by atoms with van der Waals surface area (Å²) >= 11 is 1.65. The average molecular weight is 429 g/mol. The molecule has 0 unspecified atom stereocenters. The molecule has 0 bridgehead atoms. The predicted octanol–water partition coefficient (Wildman–Crippen LogP) is 4.66. The van der Waals surface area contributed by atoms with Crippen LogP contribution in [0.3, 0.4) is 0 Å².